The number of aromatic nitrogens is 4. The summed E-state index contributed by atoms with van der Waals surface area (Å²) in [6.45, 7) is 8.87. The molecule has 0 spiro atoms. The number of aryl methyl sites for hydroxylation is 2. The highest BCUT2D eigenvalue weighted by molar-refractivity contribution is 7.18. The third-order valence-electron chi connectivity index (χ3n) is 8.94. The van der Waals surface area contributed by atoms with E-state index in [0.717, 1.165) is 47.6 Å². The van der Waals surface area contributed by atoms with E-state index in [0.29, 0.717) is 11.8 Å². The summed E-state index contributed by atoms with van der Waals surface area (Å²) in [6.07, 6.45) is 3.14. The quantitative estimate of drug-likeness (QED) is 0.233. The molecule has 1 atom stereocenters. The number of hydrogen-bond donors (Lipinski definition) is 2. The third kappa shape index (κ3) is 3.43. The number of fused-ring (bicyclic) bond motifs is 11. The maximum absolute atomic E-state index is 5.05. The Hall–Kier alpha value is -3.96. The molecule has 5 heteroatoms. The first-order chi connectivity index (χ1) is 19.5. The molecule has 1 unspecified atom stereocenters. The van der Waals surface area contributed by atoms with Gasteiger partial charge in [-0.25, -0.2) is 9.97 Å². The minimum atomic E-state index is 0.403. The molecule has 1 aliphatic rings. The molecule has 7 aromatic rings. The van der Waals surface area contributed by atoms with Crippen molar-refractivity contribution in [3.8, 4) is 22.4 Å². The number of H-pyrrole nitrogens is 2. The fourth-order valence-electron chi connectivity index (χ4n) is 6.46. The van der Waals surface area contributed by atoms with Crippen molar-refractivity contribution < 1.29 is 0 Å². The van der Waals surface area contributed by atoms with Gasteiger partial charge in [0, 0.05) is 44.0 Å². The zero-order chi connectivity index (χ0) is 27.1. The highest BCUT2D eigenvalue weighted by atomic mass is 32.1. The summed E-state index contributed by atoms with van der Waals surface area (Å²) in [5, 5.41) is 8.64. The number of nitrogens with zero attached hydrogens (tertiary/aromatic N) is 2. The molecule has 3 aromatic heterocycles. The molecule has 0 fully saturated rings. The monoisotopic (exact) mass is 540 g/mol. The molecule has 0 radical (unpaired) electrons. The maximum atomic E-state index is 5.05. The third-order valence-corrected chi connectivity index (χ3v) is 9.89. The van der Waals surface area contributed by atoms with Gasteiger partial charge in [0.2, 0.25) is 0 Å². The van der Waals surface area contributed by atoms with Crippen LogP contribution in [-0.2, 0) is 12.8 Å². The van der Waals surface area contributed by atoms with Gasteiger partial charge in [-0.3, -0.25) is 0 Å². The molecule has 0 amide bonds. The second-order valence-corrected chi connectivity index (χ2v) is 12.6. The van der Waals surface area contributed by atoms with E-state index in [1.165, 1.54) is 59.6 Å². The number of hydrogen-bond acceptors (Lipinski definition) is 3. The van der Waals surface area contributed by atoms with Gasteiger partial charge in [0.05, 0.1) is 16.7 Å². The van der Waals surface area contributed by atoms with Gasteiger partial charge < -0.3 is 9.97 Å². The minimum absolute atomic E-state index is 0.403. The van der Waals surface area contributed by atoms with Crippen molar-refractivity contribution in [2.75, 3.05) is 0 Å². The molecule has 198 valence electrons. The fraction of sp³-hybridized carbons (Fsp3) is 0.257. The van der Waals surface area contributed by atoms with Crippen LogP contribution < -0.4 is 0 Å². The highest BCUT2D eigenvalue weighted by Gasteiger charge is 2.23. The molecule has 0 aliphatic heterocycles. The average Bonchev–Trinajstić information content (AvgIpc) is 3.74. The Morgan fingerprint density at radius 1 is 0.800 bits per heavy atom. The summed E-state index contributed by atoms with van der Waals surface area (Å²) >= 11 is 1.81. The van der Waals surface area contributed by atoms with Crippen LogP contribution in [0.3, 0.4) is 0 Å². The van der Waals surface area contributed by atoms with Crippen molar-refractivity contribution in [2.24, 2.45) is 0 Å². The van der Waals surface area contributed by atoms with Crippen molar-refractivity contribution in [1.29, 1.82) is 0 Å². The topological polar surface area (TPSA) is 57.4 Å². The van der Waals surface area contributed by atoms with Crippen LogP contribution in [0.25, 0.3) is 65.0 Å². The van der Waals surface area contributed by atoms with Crippen LogP contribution >= 0.6 is 11.3 Å². The van der Waals surface area contributed by atoms with Gasteiger partial charge in [0.15, 0.2) is 0 Å². The second-order valence-electron chi connectivity index (χ2n) is 11.7. The summed E-state index contributed by atoms with van der Waals surface area (Å²) in [5.74, 6) is 2.99. The molecule has 3 heterocycles. The van der Waals surface area contributed by atoms with Crippen LogP contribution in [0, 0.1) is 0 Å². The fourth-order valence-corrected chi connectivity index (χ4v) is 7.39. The van der Waals surface area contributed by atoms with Crippen LogP contribution in [-0.4, -0.2) is 19.9 Å². The Kier molecular flexibility index (Phi) is 5.24. The standard InChI is InChI=1S/C35H32N4S/c1-5-19(4)35-38-31-26-10-7-21(17-28(26)33-27(14-15-40-33)32(31)39-35)20-6-9-23-22(16-20)8-11-25-24(23)12-13-29-30(25)37-34(36-29)18(2)3/h6-11,14-19H,5,12-13H2,1-4H3,(H,36,37)(H,38,39). The SMILES string of the molecule is CCC(C)c1nc2c3ccsc3c3cc(-c4ccc5c6c(ccc5c4)-c4nc(C(C)C)[nH]c4CC6)ccc3c2[nH]1. The average molecular weight is 541 g/mol. The molecule has 0 bridgehead atoms. The van der Waals surface area contributed by atoms with Crippen LogP contribution in [0.5, 0.6) is 0 Å². The molecule has 4 aromatic carbocycles. The maximum Gasteiger partial charge on any atom is 0.110 e. The van der Waals surface area contributed by atoms with Gasteiger partial charge in [0.25, 0.3) is 0 Å². The largest absolute Gasteiger partial charge is 0.345 e. The molecular weight excluding hydrogens is 508 g/mol. The number of thiophene rings is 1. The van der Waals surface area contributed by atoms with Gasteiger partial charge in [-0.05, 0) is 70.3 Å². The smallest absolute Gasteiger partial charge is 0.110 e. The Balaban J connectivity index is 1.26. The van der Waals surface area contributed by atoms with E-state index in [4.69, 9.17) is 9.97 Å². The number of benzene rings is 4. The van der Waals surface area contributed by atoms with Crippen LogP contribution in [0.15, 0.2) is 60.0 Å². The first-order valence-electron chi connectivity index (χ1n) is 14.5. The lowest BCUT2D eigenvalue weighted by atomic mass is 9.87. The summed E-state index contributed by atoms with van der Waals surface area (Å²) in [5.41, 5.74) is 9.90. The van der Waals surface area contributed by atoms with E-state index >= 15 is 0 Å². The minimum Gasteiger partial charge on any atom is -0.345 e. The molecule has 2 N–H and O–H groups in total. The van der Waals surface area contributed by atoms with E-state index in [1.54, 1.807) is 0 Å². The normalized spacial score (nSPS) is 14.0. The van der Waals surface area contributed by atoms with Crippen molar-refractivity contribution in [3.63, 3.8) is 0 Å². The first-order valence-corrected chi connectivity index (χ1v) is 15.4. The molecule has 1 aliphatic carbocycles. The lowest BCUT2D eigenvalue weighted by molar-refractivity contribution is 0.692. The van der Waals surface area contributed by atoms with Gasteiger partial charge in [-0.15, -0.1) is 11.3 Å². The summed E-state index contributed by atoms with van der Waals surface area (Å²) in [6, 6.07) is 20.7. The highest BCUT2D eigenvalue weighted by Crippen LogP contribution is 2.41. The Morgan fingerprint density at radius 3 is 2.45 bits per heavy atom. The lowest BCUT2D eigenvalue weighted by Gasteiger charge is -2.18. The van der Waals surface area contributed by atoms with E-state index < -0.39 is 0 Å². The zero-order valence-corrected chi connectivity index (χ0v) is 24.2. The molecular formula is C35H32N4S. The molecule has 40 heavy (non-hydrogen) atoms. The second kappa shape index (κ2) is 8.77. The van der Waals surface area contributed by atoms with Crippen molar-refractivity contribution in [2.45, 2.75) is 58.8 Å². The van der Waals surface area contributed by atoms with Crippen LogP contribution in [0.4, 0.5) is 0 Å². The molecule has 0 saturated heterocycles. The van der Waals surface area contributed by atoms with Gasteiger partial charge in [0.1, 0.15) is 11.6 Å². The van der Waals surface area contributed by atoms with Crippen LogP contribution in [0.2, 0.25) is 0 Å². The van der Waals surface area contributed by atoms with E-state index in [1.807, 2.05) is 11.3 Å². The van der Waals surface area contributed by atoms with Gasteiger partial charge in [-0.1, -0.05) is 64.1 Å². The Bertz CT molecular complexity index is 2110. The summed E-state index contributed by atoms with van der Waals surface area (Å²) in [4.78, 5) is 17.3. The van der Waals surface area contributed by atoms with E-state index in [9.17, 15) is 0 Å². The van der Waals surface area contributed by atoms with Gasteiger partial charge in [-0.2, -0.15) is 0 Å². The van der Waals surface area contributed by atoms with Crippen molar-refractivity contribution in [3.05, 3.63) is 82.9 Å². The lowest BCUT2D eigenvalue weighted by Crippen LogP contribution is -2.04. The number of nitrogens with one attached hydrogen (secondary N) is 2. The predicted molar refractivity (Wildman–Crippen MR) is 170 cm³/mol. The molecule has 0 saturated carbocycles. The molecule has 8 rings (SSSR count). The van der Waals surface area contributed by atoms with Crippen molar-refractivity contribution in [1.82, 2.24) is 19.9 Å². The summed E-state index contributed by atoms with van der Waals surface area (Å²) < 4.78 is 1.32. The number of imidazole rings is 2. The number of aromatic amines is 2. The zero-order valence-electron chi connectivity index (χ0n) is 23.4. The predicted octanol–water partition coefficient (Wildman–Crippen LogP) is 9.88. The molecule has 4 nitrogen and oxygen atoms in total. The Labute approximate surface area is 237 Å². The van der Waals surface area contributed by atoms with E-state index in [-0.39, 0.29) is 0 Å². The van der Waals surface area contributed by atoms with Crippen molar-refractivity contribution >= 4 is 54.0 Å². The first kappa shape index (κ1) is 23.9. The number of rotatable bonds is 4. The summed E-state index contributed by atoms with van der Waals surface area (Å²) in [7, 11) is 0. The van der Waals surface area contributed by atoms with E-state index in [2.05, 4.69) is 97.6 Å². The van der Waals surface area contributed by atoms with Crippen LogP contribution in [0.1, 0.15) is 68.9 Å². The van der Waals surface area contributed by atoms with Gasteiger partial charge >= 0.3 is 0 Å². The Morgan fingerprint density at radius 2 is 1.62 bits per heavy atom.